The molecule has 5 nitrogen and oxygen atoms in total. The van der Waals surface area contributed by atoms with Crippen LogP contribution < -0.4 is 10.6 Å². The van der Waals surface area contributed by atoms with Crippen LogP contribution in [0.15, 0.2) is 36.5 Å². The standard InChI is InChI=1S/C19H19ClFN3O2S/c20-12-3-6-16(22-8-12)18(25)23-13-4-5-15(21)14(7-13)19(11-1-2-11)10-26-9-17(27)24-19/h3-8,11,17,24,27H,1-2,9-10H2,(H,23,25). The number of amides is 1. The maximum absolute atomic E-state index is 14.8. The zero-order chi connectivity index (χ0) is 19.0. The number of ether oxygens (including phenoxy) is 1. The van der Waals surface area contributed by atoms with E-state index < -0.39 is 5.54 Å². The normalized spacial score (nSPS) is 25.2. The molecule has 27 heavy (non-hydrogen) atoms. The monoisotopic (exact) mass is 407 g/mol. The van der Waals surface area contributed by atoms with Gasteiger partial charge in [0.25, 0.3) is 5.91 Å². The molecule has 0 radical (unpaired) electrons. The average Bonchev–Trinajstić information content (AvgIpc) is 3.49. The van der Waals surface area contributed by atoms with E-state index in [1.807, 2.05) is 0 Å². The third kappa shape index (κ3) is 3.82. The van der Waals surface area contributed by atoms with Gasteiger partial charge in [0.2, 0.25) is 0 Å². The highest BCUT2D eigenvalue weighted by Gasteiger charge is 2.50. The SMILES string of the molecule is O=C(Nc1ccc(F)c(C2(C3CC3)COCC(S)N2)c1)c1ccc(Cl)cn1. The Bertz CT molecular complexity index is 863. The number of morpholine rings is 1. The van der Waals surface area contributed by atoms with E-state index in [-0.39, 0.29) is 28.7 Å². The molecule has 1 aromatic heterocycles. The van der Waals surface area contributed by atoms with Gasteiger partial charge in [-0.3, -0.25) is 10.1 Å². The maximum atomic E-state index is 14.8. The summed E-state index contributed by atoms with van der Waals surface area (Å²) in [5.74, 6) is -0.432. The molecule has 2 N–H and O–H groups in total. The number of anilines is 1. The number of halogens is 2. The number of rotatable bonds is 4. The molecule has 0 bridgehead atoms. The van der Waals surface area contributed by atoms with E-state index in [2.05, 4.69) is 28.2 Å². The van der Waals surface area contributed by atoms with Gasteiger partial charge in [-0.25, -0.2) is 9.37 Å². The predicted octanol–water partition coefficient (Wildman–Crippen LogP) is 3.61. The molecular formula is C19H19ClFN3O2S. The first-order chi connectivity index (χ1) is 13.0. The van der Waals surface area contributed by atoms with Gasteiger partial charge in [-0.2, -0.15) is 12.6 Å². The molecule has 2 unspecified atom stereocenters. The Labute approximate surface area is 167 Å². The van der Waals surface area contributed by atoms with E-state index in [1.54, 1.807) is 12.1 Å². The minimum atomic E-state index is -0.631. The Morgan fingerprint density at radius 1 is 1.37 bits per heavy atom. The van der Waals surface area contributed by atoms with Crippen LogP contribution in [0.25, 0.3) is 0 Å². The van der Waals surface area contributed by atoms with Crippen LogP contribution in [0.3, 0.4) is 0 Å². The van der Waals surface area contributed by atoms with Gasteiger partial charge in [0.1, 0.15) is 11.5 Å². The fourth-order valence-electron chi connectivity index (χ4n) is 3.55. The molecule has 2 aliphatic rings. The fraction of sp³-hybridized carbons (Fsp3) is 0.368. The molecule has 1 amide bonds. The van der Waals surface area contributed by atoms with Crippen molar-refractivity contribution in [1.29, 1.82) is 0 Å². The van der Waals surface area contributed by atoms with E-state index in [9.17, 15) is 9.18 Å². The molecule has 2 aromatic rings. The summed E-state index contributed by atoms with van der Waals surface area (Å²) in [4.78, 5) is 16.4. The summed E-state index contributed by atoms with van der Waals surface area (Å²) < 4.78 is 20.5. The average molecular weight is 408 g/mol. The van der Waals surface area contributed by atoms with E-state index in [4.69, 9.17) is 16.3 Å². The largest absolute Gasteiger partial charge is 0.377 e. The second-order valence-corrected chi connectivity index (χ2v) is 7.99. The van der Waals surface area contributed by atoms with Crippen molar-refractivity contribution in [3.05, 3.63) is 58.6 Å². The molecule has 2 heterocycles. The van der Waals surface area contributed by atoms with Crippen LogP contribution >= 0.6 is 24.2 Å². The van der Waals surface area contributed by atoms with E-state index in [0.29, 0.717) is 29.5 Å². The van der Waals surface area contributed by atoms with E-state index in [1.165, 1.54) is 24.4 Å². The van der Waals surface area contributed by atoms with Gasteiger partial charge in [0.15, 0.2) is 0 Å². The van der Waals surface area contributed by atoms with Gasteiger partial charge >= 0.3 is 0 Å². The third-order valence-electron chi connectivity index (χ3n) is 4.97. The molecule has 1 saturated carbocycles. The zero-order valence-electron chi connectivity index (χ0n) is 14.4. The lowest BCUT2D eigenvalue weighted by molar-refractivity contribution is 0.00483. The van der Waals surface area contributed by atoms with Crippen LogP contribution in [0.1, 0.15) is 28.9 Å². The lowest BCUT2D eigenvalue weighted by Crippen LogP contribution is -2.57. The van der Waals surface area contributed by atoms with Crippen molar-refractivity contribution in [1.82, 2.24) is 10.3 Å². The van der Waals surface area contributed by atoms with Crippen molar-refractivity contribution >= 4 is 35.8 Å². The van der Waals surface area contributed by atoms with Gasteiger partial charge in [-0.1, -0.05) is 11.6 Å². The van der Waals surface area contributed by atoms with Crippen LogP contribution in [0.5, 0.6) is 0 Å². The first-order valence-corrected chi connectivity index (χ1v) is 9.64. The Morgan fingerprint density at radius 2 is 2.19 bits per heavy atom. The summed E-state index contributed by atoms with van der Waals surface area (Å²) in [7, 11) is 0. The maximum Gasteiger partial charge on any atom is 0.274 e. The second kappa shape index (κ2) is 7.39. The number of benzene rings is 1. The van der Waals surface area contributed by atoms with Crippen LogP contribution in [0.4, 0.5) is 10.1 Å². The molecule has 1 saturated heterocycles. The minimum Gasteiger partial charge on any atom is -0.377 e. The molecular weight excluding hydrogens is 389 g/mol. The lowest BCUT2D eigenvalue weighted by atomic mass is 9.84. The third-order valence-corrected chi connectivity index (χ3v) is 5.47. The summed E-state index contributed by atoms with van der Waals surface area (Å²) in [6.07, 6.45) is 3.41. The number of carbonyl (C=O) groups excluding carboxylic acids is 1. The molecule has 0 spiro atoms. The van der Waals surface area contributed by atoms with Crippen LogP contribution in [-0.4, -0.2) is 29.5 Å². The van der Waals surface area contributed by atoms with E-state index in [0.717, 1.165) is 12.8 Å². The highest BCUT2D eigenvalue weighted by Crippen LogP contribution is 2.48. The smallest absolute Gasteiger partial charge is 0.274 e. The predicted molar refractivity (Wildman–Crippen MR) is 105 cm³/mol. The number of nitrogens with one attached hydrogen (secondary N) is 2. The molecule has 4 rings (SSSR count). The summed E-state index contributed by atoms with van der Waals surface area (Å²) >= 11 is 10.3. The summed E-state index contributed by atoms with van der Waals surface area (Å²) in [5, 5.41) is 6.48. The quantitative estimate of drug-likeness (QED) is 0.677. The Balaban J connectivity index is 1.63. The molecule has 2 fully saturated rings. The topological polar surface area (TPSA) is 63.2 Å². The first kappa shape index (κ1) is 18.7. The number of nitrogens with zero attached hydrogens (tertiary/aromatic N) is 1. The van der Waals surface area contributed by atoms with Crippen molar-refractivity contribution in [3.63, 3.8) is 0 Å². The van der Waals surface area contributed by atoms with Gasteiger partial charge < -0.3 is 10.1 Å². The van der Waals surface area contributed by atoms with E-state index >= 15 is 0 Å². The lowest BCUT2D eigenvalue weighted by Gasteiger charge is -2.42. The van der Waals surface area contributed by atoms with Gasteiger partial charge in [-0.15, -0.1) is 0 Å². The number of carbonyl (C=O) groups is 1. The van der Waals surface area contributed by atoms with Crippen LogP contribution in [0, 0.1) is 11.7 Å². The highest BCUT2D eigenvalue weighted by atomic mass is 35.5. The van der Waals surface area contributed by atoms with Gasteiger partial charge in [0.05, 0.1) is 29.1 Å². The summed E-state index contributed by atoms with van der Waals surface area (Å²) in [6.45, 7) is 0.847. The summed E-state index contributed by atoms with van der Waals surface area (Å²) in [5.41, 5.74) is 0.590. The number of thiol groups is 1. The number of hydrogen-bond donors (Lipinski definition) is 3. The second-order valence-electron chi connectivity index (χ2n) is 6.93. The Kier molecular flexibility index (Phi) is 5.11. The fourth-order valence-corrected chi connectivity index (χ4v) is 4.00. The zero-order valence-corrected chi connectivity index (χ0v) is 16.1. The van der Waals surface area contributed by atoms with Crippen LogP contribution in [-0.2, 0) is 10.3 Å². The van der Waals surface area contributed by atoms with Crippen molar-refractivity contribution in [2.45, 2.75) is 23.8 Å². The number of pyridine rings is 1. The summed E-state index contributed by atoms with van der Waals surface area (Å²) in [6, 6.07) is 7.71. The molecule has 1 aliphatic heterocycles. The van der Waals surface area contributed by atoms with Crippen LogP contribution in [0.2, 0.25) is 5.02 Å². The van der Waals surface area contributed by atoms with Crippen molar-refractivity contribution in [2.24, 2.45) is 5.92 Å². The number of aromatic nitrogens is 1. The minimum absolute atomic E-state index is 0.171. The highest BCUT2D eigenvalue weighted by molar-refractivity contribution is 7.80. The Morgan fingerprint density at radius 3 is 2.85 bits per heavy atom. The molecule has 2 atom stereocenters. The Hall–Kier alpha value is -1.67. The molecule has 142 valence electrons. The molecule has 1 aliphatic carbocycles. The number of hydrogen-bond acceptors (Lipinski definition) is 5. The molecule has 1 aromatic carbocycles. The van der Waals surface area contributed by atoms with Gasteiger partial charge in [0, 0.05) is 17.4 Å². The van der Waals surface area contributed by atoms with Crippen molar-refractivity contribution in [3.8, 4) is 0 Å². The van der Waals surface area contributed by atoms with Crippen molar-refractivity contribution < 1.29 is 13.9 Å². The first-order valence-electron chi connectivity index (χ1n) is 8.74. The van der Waals surface area contributed by atoms with Crippen molar-refractivity contribution in [2.75, 3.05) is 18.5 Å². The molecule has 8 heteroatoms. The van der Waals surface area contributed by atoms with Gasteiger partial charge in [-0.05, 0) is 49.1 Å².